The van der Waals surface area contributed by atoms with Gasteiger partial charge in [-0.3, -0.25) is 19.7 Å². The minimum absolute atomic E-state index is 0.0425. The van der Waals surface area contributed by atoms with Crippen molar-refractivity contribution in [2.45, 2.75) is 124 Å². The first-order valence-electron chi connectivity index (χ1n) is 19.4. The number of aliphatic imine (C=N–C) groups is 1. The highest BCUT2D eigenvalue weighted by atomic mass is 35.5. The predicted octanol–water partition coefficient (Wildman–Crippen LogP) is 10.4. The van der Waals surface area contributed by atoms with Crippen LogP contribution in [0.1, 0.15) is 118 Å². The number of allylic oxidation sites excluding steroid dienone is 3. The van der Waals surface area contributed by atoms with Crippen molar-refractivity contribution in [2.24, 2.45) is 16.8 Å². The summed E-state index contributed by atoms with van der Waals surface area (Å²) in [5.41, 5.74) is 1.62. The first kappa shape index (κ1) is 42.4. The molecule has 2 aromatic rings. The predicted molar refractivity (Wildman–Crippen MR) is 219 cm³/mol. The highest BCUT2D eigenvalue weighted by molar-refractivity contribution is 6.31. The molecule has 1 aromatic heterocycles. The largest absolute Gasteiger partial charge is 0.493 e. The van der Waals surface area contributed by atoms with Gasteiger partial charge >= 0.3 is 6.03 Å². The van der Waals surface area contributed by atoms with Gasteiger partial charge in [-0.15, -0.1) is 0 Å². The van der Waals surface area contributed by atoms with Crippen LogP contribution >= 0.6 is 23.2 Å². The van der Waals surface area contributed by atoms with Gasteiger partial charge in [0.2, 0.25) is 5.91 Å². The van der Waals surface area contributed by atoms with Gasteiger partial charge in [-0.1, -0.05) is 81.6 Å². The Bertz CT molecular complexity index is 1640. The number of amides is 3. The lowest BCUT2D eigenvalue weighted by Gasteiger charge is -2.38. The third kappa shape index (κ3) is 11.6. The fourth-order valence-electron chi connectivity index (χ4n) is 6.90. The Balaban J connectivity index is 1.75. The summed E-state index contributed by atoms with van der Waals surface area (Å²) in [6, 6.07) is 9.60. The summed E-state index contributed by atoms with van der Waals surface area (Å²) in [4.78, 5) is 44.5. The van der Waals surface area contributed by atoms with Crippen molar-refractivity contribution in [3.8, 4) is 5.75 Å². The Kier molecular flexibility index (Phi) is 15.0. The number of likely N-dealkylation sites (tertiary alicyclic amines) is 1. The normalized spacial score (nSPS) is 17.2. The maximum absolute atomic E-state index is 15.0. The lowest BCUT2D eigenvalue weighted by Crippen LogP contribution is -2.50. The maximum Gasteiger partial charge on any atom is 0.325 e. The number of piperidine rings is 1. The van der Waals surface area contributed by atoms with E-state index < -0.39 is 5.54 Å². The lowest BCUT2D eigenvalue weighted by molar-refractivity contribution is -0.134. The highest BCUT2D eigenvalue weighted by Gasteiger charge is 2.36. The first-order valence-corrected chi connectivity index (χ1v) is 20.2. The molecule has 4 rings (SSSR count). The molecule has 1 atom stereocenters. The number of benzene rings is 1. The molecule has 3 amide bonds. The van der Waals surface area contributed by atoms with Crippen molar-refractivity contribution >= 4 is 41.0 Å². The van der Waals surface area contributed by atoms with Gasteiger partial charge in [-0.2, -0.15) is 0 Å². The van der Waals surface area contributed by atoms with Gasteiger partial charge in [-0.25, -0.2) is 4.79 Å². The molecule has 10 heteroatoms. The first-order chi connectivity index (χ1) is 25.0. The number of rotatable bonds is 13. The van der Waals surface area contributed by atoms with Crippen molar-refractivity contribution in [3.05, 3.63) is 81.6 Å². The SMILES string of the molecule is CCCCN(C(=O)CC1CCN(C(=O)N(Cc2ccc(Cl)cc2)/C(=N\C(C)(C)C2C=CC(Cl)=CC2)c2cnc(C(C)(C)C)cc2OCC)CC1)C(C)C. The topological polar surface area (TPSA) is 78.3 Å². The van der Waals surface area contributed by atoms with Crippen LogP contribution in [0.5, 0.6) is 5.75 Å². The molecule has 2 heterocycles. The Morgan fingerprint density at radius 3 is 2.30 bits per heavy atom. The van der Waals surface area contributed by atoms with Crippen LogP contribution in [-0.2, 0) is 16.8 Å². The molecule has 1 saturated heterocycles. The van der Waals surface area contributed by atoms with Gasteiger partial charge in [0.1, 0.15) is 11.6 Å². The third-order valence-electron chi connectivity index (χ3n) is 10.3. The third-order valence-corrected chi connectivity index (χ3v) is 10.8. The quantitative estimate of drug-likeness (QED) is 0.150. The van der Waals surface area contributed by atoms with Gasteiger partial charge in [0.05, 0.1) is 24.3 Å². The second kappa shape index (κ2) is 18.8. The number of halogens is 2. The zero-order chi connectivity index (χ0) is 38.9. The van der Waals surface area contributed by atoms with E-state index in [4.69, 9.17) is 37.9 Å². The van der Waals surface area contributed by atoms with Crippen LogP contribution in [0.3, 0.4) is 0 Å². The van der Waals surface area contributed by atoms with Crippen molar-refractivity contribution < 1.29 is 14.3 Å². The van der Waals surface area contributed by atoms with Crippen molar-refractivity contribution in [2.75, 3.05) is 26.2 Å². The van der Waals surface area contributed by atoms with E-state index >= 15 is 0 Å². The zero-order valence-corrected chi connectivity index (χ0v) is 34.9. The van der Waals surface area contributed by atoms with Crippen LogP contribution in [0.15, 0.2) is 64.8 Å². The molecule has 0 spiro atoms. The number of amidine groups is 1. The van der Waals surface area contributed by atoms with Crippen LogP contribution in [0.4, 0.5) is 4.79 Å². The molecule has 8 nitrogen and oxygen atoms in total. The minimum Gasteiger partial charge on any atom is -0.493 e. The Morgan fingerprint density at radius 2 is 1.74 bits per heavy atom. The Labute approximate surface area is 328 Å². The van der Waals surface area contributed by atoms with Crippen molar-refractivity contribution in [1.82, 2.24) is 19.7 Å². The number of carbonyl (C=O) groups excluding carboxylic acids is 2. The monoisotopic (exact) mass is 765 g/mol. The molecule has 0 saturated carbocycles. The molecule has 1 aliphatic carbocycles. The average Bonchev–Trinajstić information content (AvgIpc) is 3.10. The van der Waals surface area contributed by atoms with Gasteiger partial charge in [-0.05, 0) is 90.0 Å². The Hall–Kier alpha value is -3.36. The minimum atomic E-state index is -0.627. The number of unbranched alkanes of at least 4 members (excludes halogenated alkanes) is 1. The summed E-state index contributed by atoms with van der Waals surface area (Å²) in [7, 11) is 0. The second-order valence-corrected chi connectivity index (χ2v) is 17.2. The van der Waals surface area contributed by atoms with E-state index in [0.717, 1.165) is 49.9 Å². The van der Waals surface area contributed by atoms with Crippen LogP contribution < -0.4 is 4.74 Å². The molecule has 0 N–H and O–H groups in total. The van der Waals surface area contributed by atoms with Crippen molar-refractivity contribution in [1.29, 1.82) is 0 Å². The molecule has 1 unspecified atom stereocenters. The van der Waals surface area contributed by atoms with Crippen LogP contribution in [-0.4, -0.2) is 75.3 Å². The van der Waals surface area contributed by atoms with Crippen molar-refractivity contribution in [3.63, 3.8) is 0 Å². The molecule has 0 radical (unpaired) electrons. The standard InChI is InChI=1S/C43H61Cl2N5O3/c1-10-12-23-49(30(3)4)39(51)26-31-21-24-48(25-22-31)41(52)50(29-32-13-17-34(44)18-14-32)40(47-43(8,9)33-15-19-35(45)20-16-33)36-28-46-38(42(5,6)7)27-37(36)53-11-2/h13-15,17-20,27-28,30-31,33H,10-12,16,21-26,29H2,1-9H3/b47-40-. The average molecular weight is 767 g/mol. The fourth-order valence-corrected chi connectivity index (χ4v) is 7.19. The van der Waals surface area contributed by atoms with E-state index in [9.17, 15) is 9.59 Å². The van der Waals surface area contributed by atoms with E-state index in [1.54, 1.807) is 4.90 Å². The molecule has 1 aliphatic heterocycles. The highest BCUT2D eigenvalue weighted by Crippen LogP contribution is 2.35. The number of ether oxygens (including phenoxy) is 1. The van der Waals surface area contributed by atoms with E-state index in [1.165, 1.54) is 0 Å². The van der Waals surface area contributed by atoms with Crippen LogP contribution in [0, 0.1) is 11.8 Å². The van der Waals surface area contributed by atoms with Crippen LogP contribution in [0.2, 0.25) is 5.02 Å². The van der Waals surface area contributed by atoms with Gasteiger partial charge in [0, 0.05) is 71.4 Å². The number of nitrogens with zero attached hydrogens (tertiary/aromatic N) is 5. The van der Waals surface area contributed by atoms with Gasteiger partial charge in [0.25, 0.3) is 0 Å². The Morgan fingerprint density at radius 1 is 1.06 bits per heavy atom. The fraction of sp³-hybridized carbons (Fsp3) is 0.581. The molecular weight excluding hydrogens is 705 g/mol. The second-order valence-electron chi connectivity index (χ2n) is 16.3. The van der Waals surface area contributed by atoms with Gasteiger partial charge < -0.3 is 14.5 Å². The molecular formula is C43H61Cl2N5O3. The molecule has 290 valence electrons. The number of urea groups is 1. The summed E-state index contributed by atoms with van der Waals surface area (Å²) in [5, 5.41) is 1.34. The van der Waals surface area contributed by atoms with Gasteiger partial charge in [0.15, 0.2) is 0 Å². The number of hydrogen-bond donors (Lipinski definition) is 0. The summed E-state index contributed by atoms with van der Waals surface area (Å²) < 4.78 is 6.31. The lowest BCUT2D eigenvalue weighted by atomic mass is 9.83. The number of aromatic nitrogens is 1. The van der Waals surface area contributed by atoms with E-state index in [-0.39, 0.29) is 41.8 Å². The summed E-state index contributed by atoms with van der Waals surface area (Å²) in [6.45, 7) is 21.4. The summed E-state index contributed by atoms with van der Waals surface area (Å²) >= 11 is 12.6. The van der Waals surface area contributed by atoms with E-state index in [1.807, 2.05) is 65.4 Å². The molecule has 0 bridgehead atoms. The molecule has 1 fully saturated rings. The zero-order valence-electron chi connectivity index (χ0n) is 33.4. The summed E-state index contributed by atoms with van der Waals surface area (Å²) in [6.07, 6.45) is 12.7. The number of carbonyl (C=O) groups is 2. The maximum atomic E-state index is 15.0. The number of pyridine rings is 1. The van der Waals surface area contributed by atoms with E-state index in [2.05, 4.69) is 61.5 Å². The van der Waals surface area contributed by atoms with E-state index in [0.29, 0.717) is 53.3 Å². The smallest absolute Gasteiger partial charge is 0.325 e. The molecule has 2 aliphatic rings. The summed E-state index contributed by atoms with van der Waals surface area (Å²) in [5.74, 6) is 1.61. The molecule has 1 aromatic carbocycles. The number of hydrogen-bond acceptors (Lipinski definition) is 5. The van der Waals surface area contributed by atoms with Crippen LogP contribution in [0.25, 0.3) is 0 Å². The molecule has 53 heavy (non-hydrogen) atoms.